The maximum atomic E-state index is 13.6. The number of carbonyl (C=O) groups excluding carboxylic acids is 2. The number of allylic oxidation sites excluding steroid dienone is 2. The first-order valence-corrected chi connectivity index (χ1v) is 15.4. The number of thioether (sulfide) groups is 1. The summed E-state index contributed by atoms with van der Waals surface area (Å²) in [6.45, 7) is 7.05. The fourth-order valence-electron chi connectivity index (χ4n) is 4.50. The molecular formula is C30H34ClN5O2S2. The van der Waals surface area contributed by atoms with Crippen LogP contribution in [-0.4, -0.2) is 61.1 Å². The predicted octanol–water partition coefficient (Wildman–Crippen LogP) is 6.44. The van der Waals surface area contributed by atoms with Gasteiger partial charge in [0.2, 0.25) is 5.91 Å². The molecule has 1 aliphatic heterocycles. The van der Waals surface area contributed by atoms with Crippen LogP contribution in [0.2, 0.25) is 5.02 Å². The van der Waals surface area contributed by atoms with E-state index in [1.165, 1.54) is 11.3 Å². The van der Waals surface area contributed by atoms with Gasteiger partial charge in [0.25, 0.3) is 5.91 Å². The summed E-state index contributed by atoms with van der Waals surface area (Å²) in [4.78, 5) is 32.6. The fraction of sp³-hybridized carbons (Fsp3) is 0.267. The summed E-state index contributed by atoms with van der Waals surface area (Å²) in [7, 11) is 2.08. The zero-order chi connectivity index (χ0) is 28.6. The van der Waals surface area contributed by atoms with E-state index in [0.29, 0.717) is 33.4 Å². The van der Waals surface area contributed by atoms with E-state index in [1.54, 1.807) is 48.2 Å². The molecule has 1 saturated heterocycles. The normalized spacial score (nSPS) is 15.4. The molecule has 40 heavy (non-hydrogen) atoms. The monoisotopic (exact) mass is 595 g/mol. The Balaban J connectivity index is 1.56. The van der Waals surface area contributed by atoms with Crippen LogP contribution < -0.4 is 16.4 Å². The third kappa shape index (κ3) is 7.56. The topological polar surface area (TPSA) is 90.7 Å². The van der Waals surface area contributed by atoms with Crippen molar-refractivity contribution in [2.45, 2.75) is 12.5 Å². The molecule has 1 aliphatic rings. The quantitative estimate of drug-likeness (QED) is 0.184. The lowest BCUT2D eigenvalue weighted by atomic mass is 10.0. The van der Waals surface area contributed by atoms with E-state index < -0.39 is 6.04 Å². The molecule has 7 nitrogen and oxygen atoms in total. The van der Waals surface area contributed by atoms with Gasteiger partial charge in [-0.2, -0.15) is 0 Å². The molecule has 0 aliphatic carbocycles. The zero-order valence-corrected chi connectivity index (χ0v) is 25.0. The smallest absolute Gasteiger partial charge is 0.265 e. The maximum Gasteiger partial charge on any atom is 0.265 e. The Kier molecular flexibility index (Phi) is 10.5. The lowest BCUT2D eigenvalue weighted by molar-refractivity contribution is -0.122. The summed E-state index contributed by atoms with van der Waals surface area (Å²) in [5, 5.41) is 8.66. The first-order valence-electron chi connectivity index (χ1n) is 12.9. The SMILES string of the molecule is C=CC/C(=C\SC)c1ccc(N)c(NC(=O)c2ccc(C(C(=O)Nc3ccc(Cl)cc3)N3CCN(C)CC3)s2)c1. The summed E-state index contributed by atoms with van der Waals surface area (Å²) in [6.07, 6.45) is 4.56. The van der Waals surface area contributed by atoms with E-state index >= 15 is 0 Å². The molecule has 1 atom stereocenters. The van der Waals surface area contributed by atoms with E-state index in [9.17, 15) is 9.59 Å². The molecule has 2 heterocycles. The van der Waals surface area contributed by atoms with Crippen molar-refractivity contribution in [3.05, 3.63) is 93.0 Å². The maximum absolute atomic E-state index is 13.6. The molecule has 4 rings (SSSR count). The number of hydrogen-bond donors (Lipinski definition) is 3. The molecule has 4 N–H and O–H groups in total. The number of halogens is 1. The molecule has 210 valence electrons. The average molecular weight is 596 g/mol. The Labute approximate surface area is 249 Å². The summed E-state index contributed by atoms with van der Waals surface area (Å²) in [5.41, 5.74) is 9.98. The van der Waals surface area contributed by atoms with Gasteiger partial charge in [0.15, 0.2) is 0 Å². The molecule has 1 fully saturated rings. The molecule has 3 aromatic rings. The number of nitrogens with one attached hydrogen (secondary N) is 2. The highest BCUT2D eigenvalue weighted by molar-refractivity contribution is 8.01. The van der Waals surface area contributed by atoms with E-state index in [-0.39, 0.29) is 11.8 Å². The molecule has 1 aromatic heterocycles. The van der Waals surface area contributed by atoms with E-state index in [2.05, 4.69) is 39.5 Å². The third-order valence-electron chi connectivity index (χ3n) is 6.68. The standard InChI is InChI=1S/C30H34ClN5O2S2/c1-4-5-21(19-39-3)20-6-11-24(32)25(18-20)34-29(37)27-13-12-26(40-27)28(36-16-14-35(2)15-17-36)30(38)33-23-9-7-22(31)8-10-23/h4,6-13,18-19,28H,1,5,14-17,32H2,2-3H3,(H,33,38)(H,34,37)/b21-19+. The van der Waals surface area contributed by atoms with Crippen molar-refractivity contribution in [1.82, 2.24) is 9.80 Å². The number of nitrogen functional groups attached to an aromatic ring is 1. The minimum atomic E-state index is -0.525. The zero-order valence-electron chi connectivity index (χ0n) is 22.7. The van der Waals surface area contributed by atoms with Crippen LogP contribution in [0.1, 0.15) is 32.6 Å². The fourth-order valence-corrected chi connectivity index (χ4v) is 6.18. The van der Waals surface area contributed by atoms with Gasteiger partial charge in [-0.15, -0.1) is 29.7 Å². The molecule has 0 radical (unpaired) electrons. The van der Waals surface area contributed by atoms with Crippen molar-refractivity contribution >= 4 is 69.1 Å². The second-order valence-corrected chi connectivity index (χ2v) is 11.8. The van der Waals surface area contributed by atoms with Crippen molar-refractivity contribution in [2.75, 3.05) is 55.8 Å². The number of nitrogens with zero attached hydrogens (tertiary/aromatic N) is 2. The number of piperazine rings is 1. The van der Waals surface area contributed by atoms with E-state index in [4.69, 9.17) is 17.3 Å². The Morgan fingerprint density at radius 2 is 1.82 bits per heavy atom. The van der Waals surface area contributed by atoms with Crippen LogP contribution >= 0.6 is 34.7 Å². The van der Waals surface area contributed by atoms with Crippen LogP contribution in [0.25, 0.3) is 5.57 Å². The van der Waals surface area contributed by atoms with Crippen LogP contribution in [0.5, 0.6) is 0 Å². The van der Waals surface area contributed by atoms with Crippen molar-refractivity contribution in [2.24, 2.45) is 0 Å². The van der Waals surface area contributed by atoms with Gasteiger partial charge in [-0.05, 0) is 84.8 Å². The number of rotatable bonds is 10. The van der Waals surface area contributed by atoms with Crippen LogP contribution in [-0.2, 0) is 4.79 Å². The summed E-state index contributed by atoms with van der Waals surface area (Å²) >= 11 is 8.95. The van der Waals surface area contributed by atoms with Gasteiger partial charge < -0.3 is 21.3 Å². The Hall–Kier alpha value is -3.08. The number of thiophene rings is 1. The van der Waals surface area contributed by atoms with Gasteiger partial charge in [0.1, 0.15) is 6.04 Å². The lowest BCUT2D eigenvalue weighted by Gasteiger charge is -2.36. The highest BCUT2D eigenvalue weighted by Crippen LogP contribution is 2.32. The van der Waals surface area contributed by atoms with Gasteiger partial charge >= 0.3 is 0 Å². The number of anilines is 3. The van der Waals surface area contributed by atoms with Gasteiger partial charge in [-0.3, -0.25) is 14.5 Å². The van der Waals surface area contributed by atoms with E-state index in [1.807, 2.05) is 30.5 Å². The van der Waals surface area contributed by atoms with Gasteiger partial charge in [-0.1, -0.05) is 23.7 Å². The summed E-state index contributed by atoms with van der Waals surface area (Å²) in [6, 6.07) is 15.8. The van der Waals surface area contributed by atoms with Crippen molar-refractivity contribution in [3.63, 3.8) is 0 Å². The predicted molar refractivity (Wildman–Crippen MR) is 171 cm³/mol. The van der Waals surface area contributed by atoms with Crippen LogP contribution in [0.4, 0.5) is 17.1 Å². The molecule has 2 amide bonds. The van der Waals surface area contributed by atoms with Gasteiger partial charge in [0.05, 0.1) is 16.3 Å². The van der Waals surface area contributed by atoms with Crippen molar-refractivity contribution in [1.29, 1.82) is 0 Å². The summed E-state index contributed by atoms with van der Waals surface area (Å²) in [5.74, 6) is -0.414. The lowest BCUT2D eigenvalue weighted by Crippen LogP contribution is -2.48. The number of hydrogen-bond acceptors (Lipinski definition) is 7. The van der Waals surface area contributed by atoms with Crippen molar-refractivity contribution in [3.8, 4) is 0 Å². The number of amides is 2. The second-order valence-electron chi connectivity index (χ2n) is 9.57. The van der Waals surface area contributed by atoms with Crippen LogP contribution in [0.15, 0.2) is 72.7 Å². The summed E-state index contributed by atoms with van der Waals surface area (Å²) < 4.78 is 0. The van der Waals surface area contributed by atoms with Gasteiger partial charge in [0, 0.05) is 41.8 Å². The number of carbonyl (C=O) groups is 2. The Bertz CT molecular complexity index is 1380. The largest absolute Gasteiger partial charge is 0.397 e. The molecule has 0 spiro atoms. The Morgan fingerprint density at radius 3 is 2.50 bits per heavy atom. The minimum Gasteiger partial charge on any atom is -0.397 e. The highest BCUT2D eigenvalue weighted by Gasteiger charge is 2.31. The molecule has 0 saturated carbocycles. The van der Waals surface area contributed by atoms with E-state index in [0.717, 1.165) is 42.2 Å². The first-order chi connectivity index (χ1) is 19.3. The molecule has 10 heteroatoms. The van der Waals surface area contributed by atoms with Crippen molar-refractivity contribution < 1.29 is 9.59 Å². The number of benzene rings is 2. The molecule has 0 bridgehead atoms. The average Bonchev–Trinajstić information content (AvgIpc) is 3.42. The minimum absolute atomic E-state index is 0.145. The van der Waals surface area contributed by atoms with Crippen LogP contribution in [0.3, 0.4) is 0 Å². The molecule has 1 unspecified atom stereocenters. The van der Waals surface area contributed by atoms with Gasteiger partial charge in [-0.25, -0.2) is 0 Å². The third-order valence-corrected chi connectivity index (χ3v) is 8.59. The Morgan fingerprint density at radius 1 is 1.10 bits per heavy atom. The van der Waals surface area contributed by atoms with Crippen LogP contribution in [0, 0.1) is 0 Å². The number of nitrogens with two attached hydrogens (primary N) is 1. The molecule has 2 aromatic carbocycles. The molecular weight excluding hydrogens is 562 g/mol. The highest BCUT2D eigenvalue weighted by atomic mass is 35.5. The second kappa shape index (κ2) is 14.0. The number of likely N-dealkylation sites (N-methyl/N-ethyl adjacent to an activating group) is 1. The first kappa shape index (κ1) is 29.9.